The summed E-state index contributed by atoms with van der Waals surface area (Å²) in [6.45, 7) is 27.8. The van der Waals surface area contributed by atoms with Crippen LogP contribution in [0, 0.1) is 16.2 Å². The lowest BCUT2D eigenvalue weighted by Gasteiger charge is -2.29. The topological polar surface area (TPSA) is 56.0 Å². The zero-order valence-electron chi connectivity index (χ0n) is 27.1. The van der Waals surface area contributed by atoms with E-state index in [1.807, 2.05) is 23.9 Å². The molecule has 3 unspecified atom stereocenters. The van der Waals surface area contributed by atoms with E-state index in [2.05, 4.69) is 138 Å². The van der Waals surface area contributed by atoms with Crippen LogP contribution in [0.15, 0.2) is 51.8 Å². The summed E-state index contributed by atoms with van der Waals surface area (Å²) in [5.74, 6) is 0. The highest BCUT2D eigenvalue weighted by Gasteiger charge is 2.24. The van der Waals surface area contributed by atoms with Gasteiger partial charge >= 0.3 is 0 Å². The van der Waals surface area contributed by atoms with Gasteiger partial charge in [-0.3, -0.25) is 15.0 Å². The lowest BCUT2D eigenvalue weighted by atomic mass is 9.87. The summed E-state index contributed by atoms with van der Waals surface area (Å²) in [5, 5.41) is 0. The quantitative estimate of drug-likeness (QED) is 0.368. The van der Waals surface area contributed by atoms with Gasteiger partial charge in [-0.05, 0) is 47.8 Å². The van der Waals surface area contributed by atoms with Crippen molar-refractivity contribution in [2.24, 2.45) is 31.2 Å². The third kappa shape index (κ3) is 13.5. The standard InChI is InChI=1S/C11H20N2O.C11H20N2.C10H18N2/c1-11(2,3)10-5-6-13(9-12-10)7-8-14-4;1-5-7-13-8-6-10(12-9-13)11(2,3)4;1-5-12-7-6-9(11-8-12)10(2,3)4/h5-6,9-10H,7-8H2,1-4H3;6,8-10H,5,7H2,1-4H3;6-9H,5H2,1-4H3. The first kappa shape index (κ1) is 34.6. The SMILES string of the molecule is CCCN1C=CC(C(C)(C)C)N=C1.CCN1C=CC(C(C)(C)C)N=C1.COCCN1C=CC(C(C)(C)C)N=C1. The van der Waals surface area contributed by atoms with Crippen molar-refractivity contribution in [3.63, 3.8) is 0 Å². The van der Waals surface area contributed by atoms with Crippen LogP contribution in [0.5, 0.6) is 0 Å². The summed E-state index contributed by atoms with van der Waals surface area (Å²) in [6.07, 6.45) is 19.8. The molecule has 0 N–H and O–H groups in total. The van der Waals surface area contributed by atoms with Gasteiger partial charge in [-0.1, -0.05) is 69.2 Å². The molecular formula is C32H58N6O. The van der Waals surface area contributed by atoms with Gasteiger partial charge in [0.2, 0.25) is 0 Å². The Kier molecular flexibility index (Phi) is 14.2. The van der Waals surface area contributed by atoms with Crippen molar-refractivity contribution in [2.75, 3.05) is 33.4 Å². The molecule has 0 aromatic heterocycles. The largest absolute Gasteiger partial charge is 0.383 e. The summed E-state index contributed by atoms with van der Waals surface area (Å²) in [5.41, 5.74) is 0.693. The highest BCUT2D eigenvalue weighted by molar-refractivity contribution is 5.59. The Morgan fingerprint density at radius 1 is 0.590 bits per heavy atom. The first-order valence-corrected chi connectivity index (χ1v) is 14.5. The number of hydrogen-bond acceptors (Lipinski definition) is 7. The van der Waals surface area contributed by atoms with Gasteiger partial charge in [0, 0.05) is 45.3 Å². The number of ether oxygens (including phenoxy) is 1. The monoisotopic (exact) mass is 542 g/mol. The molecule has 3 aliphatic rings. The van der Waals surface area contributed by atoms with Crippen LogP contribution in [0.3, 0.4) is 0 Å². The molecule has 3 aliphatic heterocycles. The first-order chi connectivity index (χ1) is 18.1. The van der Waals surface area contributed by atoms with Crippen molar-refractivity contribution >= 4 is 19.0 Å². The molecule has 0 bridgehead atoms. The third-order valence-corrected chi connectivity index (χ3v) is 6.57. The van der Waals surface area contributed by atoms with Crippen LogP contribution < -0.4 is 0 Å². The zero-order valence-corrected chi connectivity index (χ0v) is 27.1. The molecule has 7 nitrogen and oxygen atoms in total. The molecular weight excluding hydrogens is 484 g/mol. The highest BCUT2D eigenvalue weighted by atomic mass is 16.5. The van der Waals surface area contributed by atoms with Crippen molar-refractivity contribution < 1.29 is 4.74 Å². The predicted molar refractivity (Wildman–Crippen MR) is 171 cm³/mol. The first-order valence-electron chi connectivity index (χ1n) is 14.5. The van der Waals surface area contributed by atoms with Crippen LogP contribution in [-0.4, -0.2) is 85.2 Å². The lowest BCUT2D eigenvalue weighted by Crippen LogP contribution is -2.30. The van der Waals surface area contributed by atoms with E-state index in [1.54, 1.807) is 7.11 Å². The van der Waals surface area contributed by atoms with Gasteiger partial charge < -0.3 is 19.4 Å². The number of hydrogen-bond donors (Lipinski definition) is 0. The second kappa shape index (κ2) is 16.0. The van der Waals surface area contributed by atoms with Crippen LogP contribution in [0.1, 0.15) is 82.6 Å². The van der Waals surface area contributed by atoms with E-state index in [1.165, 1.54) is 0 Å². The Morgan fingerprint density at radius 2 is 0.949 bits per heavy atom. The normalized spacial score (nSPS) is 22.5. The molecule has 3 heterocycles. The van der Waals surface area contributed by atoms with Gasteiger partial charge in [-0.2, -0.15) is 0 Å². The Hall–Kier alpha value is -2.41. The maximum absolute atomic E-state index is 5.00. The second-order valence-electron chi connectivity index (χ2n) is 13.5. The second-order valence-corrected chi connectivity index (χ2v) is 13.5. The minimum Gasteiger partial charge on any atom is -0.383 e. The fraction of sp³-hybridized carbons (Fsp3) is 0.719. The molecule has 0 fully saturated rings. The lowest BCUT2D eigenvalue weighted by molar-refractivity contribution is 0.186. The molecule has 0 saturated heterocycles. The number of nitrogens with zero attached hydrogens (tertiary/aromatic N) is 6. The van der Waals surface area contributed by atoms with E-state index in [-0.39, 0.29) is 16.2 Å². The highest BCUT2D eigenvalue weighted by Crippen LogP contribution is 2.26. The summed E-state index contributed by atoms with van der Waals surface area (Å²) in [4.78, 5) is 19.7. The molecule has 0 saturated carbocycles. The summed E-state index contributed by atoms with van der Waals surface area (Å²) < 4.78 is 5.00. The molecule has 222 valence electrons. The van der Waals surface area contributed by atoms with Crippen molar-refractivity contribution in [3.05, 3.63) is 36.8 Å². The minimum atomic E-state index is 0.209. The van der Waals surface area contributed by atoms with Crippen molar-refractivity contribution in [1.29, 1.82) is 0 Å². The van der Waals surface area contributed by atoms with Crippen LogP contribution in [-0.2, 0) is 4.74 Å². The molecule has 0 amide bonds. The fourth-order valence-electron chi connectivity index (χ4n) is 3.76. The molecule has 0 aromatic rings. The van der Waals surface area contributed by atoms with Crippen LogP contribution in [0.25, 0.3) is 0 Å². The molecule has 0 radical (unpaired) electrons. The van der Waals surface area contributed by atoms with E-state index in [0.717, 1.165) is 32.7 Å². The number of methoxy groups -OCH3 is 1. The van der Waals surface area contributed by atoms with Gasteiger partial charge in [-0.15, -0.1) is 0 Å². The maximum Gasteiger partial charge on any atom is 0.0897 e. The molecule has 3 rings (SSSR count). The van der Waals surface area contributed by atoms with E-state index in [0.29, 0.717) is 18.1 Å². The Balaban J connectivity index is 0.000000293. The van der Waals surface area contributed by atoms with Gasteiger partial charge in [-0.25, -0.2) is 0 Å². The number of rotatable bonds is 6. The molecule has 0 spiro atoms. The predicted octanol–water partition coefficient (Wildman–Crippen LogP) is 6.85. The fourth-order valence-corrected chi connectivity index (χ4v) is 3.76. The van der Waals surface area contributed by atoms with Gasteiger partial charge in [0.05, 0.1) is 43.7 Å². The van der Waals surface area contributed by atoms with Crippen molar-refractivity contribution in [2.45, 2.75) is 101 Å². The van der Waals surface area contributed by atoms with Gasteiger partial charge in [0.15, 0.2) is 0 Å². The summed E-state index contributed by atoms with van der Waals surface area (Å²) in [7, 11) is 1.71. The van der Waals surface area contributed by atoms with E-state index in [9.17, 15) is 0 Å². The molecule has 39 heavy (non-hydrogen) atoms. The Morgan fingerprint density at radius 3 is 1.21 bits per heavy atom. The average molecular weight is 543 g/mol. The Bertz CT molecular complexity index is 825. The molecule has 0 aromatic carbocycles. The summed E-state index contributed by atoms with van der Waals surface area (Å²) >= 11 is 0. The van der Waals surface area contributed by atoms with Crippen LogP contribution in [0.2, 0.25) is 0 Å². The van der Waals surface area contributed by atoms with E-state index < -0.39 is 0 Å². The van der Waals surface area contributed by atoms with E-state index >= 15 is 0 Å². The van der Waals surface area contributed by atoms with Crippen molar-refractivity contribution in [3.8, 4) is 0 Å². The third-order valence-electron chi connectivity index (χ3n) is 6.57. The van der Waals surface area contributed by atoms with E-state index in [4.69, 9.17) is 4.74 Å². The summed E-state index contributed by atoms with van der Waals surface area (Å²) in [6, 6.07) is 0.960. The van der Waals surface area contributed by atoms with Gasteiger partial charge in [0.25, 0.3) is 0 Å². The minimum absolute atomic E-state index is 0.209. The van der Waals surface area contributed by atoms with Gasteiger partial charge in [0.1, 0.15) is 0 Å². The van der Waals surface area contributed by atoms with Crippen LogP contribution in [0.4, 0.5) is 0 Å². The molecule has 3 atom stereocenters. The van der Waals surface area contributed by atoms with Crippen LogP contribution >= 0.6 is 0 Å². The van der Waals surface area contributed by atoms with Crippen molar-refractivity contribution in [1.82, 2.24) is 14.7 Å². The zero-order chi connectivity index (χ0) is 29.7. The smallest absolute Gasteiger partial charge is 0.0897 e. The molecule has 7 heteroatoms. The maximum atomic E-state index is 5.00. The Labute approximate surface area is 240 Å². The average Bonchev–Trinajstić information content (AvgIpc) is 2.87. The number of aliphatic imine (C=N–C) groups is 3. The molecule has 0 aliphatic carbocycles.